The molecule has 4 heteroatoms. The first-order valence-corrected chi connectivity index (χ1v) is 7.11. The fraction of sp³-hybridized carbons (Fsp3) is 0.929. The van der Waals surface area contributed by atoms with E-state index in [-0.39, 0.29) is 0 Å². The van der Waals surface area contributed by atoms with E-state index in [0.29, 0.717) is 6.10 Å². The normalized spacial score (nSPS) is 22.9. The summed E-state index contributed by atoms with van der Waals surface area (Å²) in [5, 5.41) is 8.84. The molecule has 0 radical (unpaired) electrons. The van der Waals surface area contributed by atoms with Crippen molar-refractivity contribution < 1.29 is 4.74 Å². The maximum absolute atomic E-state index is 8.84. The fourth-order valence-corrected chi connectivity index (χ4v) is 2.34. The summed E-state index contributed by atoms with van der Waals surface area (Å²) >= 11 is 0. The molecule has 1 rings (SSSR count). The van der Waals surface area contributed by atoms with Crippen LogP contribution in [0, 0.1) is 11.3 Å². The molecule has 2 N–H and O–H groups in total. The smallest absolute Gasteiger partial charge is 0.101 e. The molecule has 0 saturated carbocycles. The Morgan fingerprint density at radius 3 is 2.83 bits per heavy atom. The third-order valence-electron chi connectivity index (χ3n) is 3.61. The predicted molar refractivity (Wildman–Crippen MR) is 73.1 cm³/mol. The van der Waals surface area contributed by atoms with Crippen LogP contribution in [0.5, 0.6) is 0 Å². The lowest BCUT2D eigenvalue weighted by Gasteiger charge is -2.24. The van der Waals surface area contributed by atoms with Crippen LogP contribution < -0.4 is 5.73 Å². The standard InChI is InChI=1S/C14H27N3O/c1-3-17(11-13-7-6-10-18-13)9-5-4-8-14(2,16)12-15/h13H,3-11,16H2,1-2H3. The Hall–Kier alpha value is -0.630. The summed E-state index contributed by atoms with van der Waals surface area (Å²) in [4.78, 5) is 2.44. The van der Waals surface area contributed by atoms with Gasteiger partial charge in [-0.2, -0.15) is 5.26 Å². The van der Waals surface area contributed by atoms with Crippen molar-refractivity contribution in [3.63, 3.8) is 0 Å². The Bertz CT molecular complexity index is 267. The lowest BCUT2D eigenvalue weighted by atomic mass is 9.98. The molecule has 1 aliphatic rings. The number of nitriles is 1. The number of likely N-dealkylation sites (N-methyl/N-ethyl adjacent to an activating group) is 1. The van der Waals surface area contributed by atoms with Crippen molar-refractivity contribution in [2.75, 3.05) is 26.2 Å². The molecule has 0 aromatic carbocycles. The monoisotopic (exact) mass is 253 g/mol. The minimum atomic E-state index is -0.661. The average Bonchev–Trinajstić information content (AvgIpc) is 2.86. The largest absolute Gasteiger partial charge is 0.377 e. The van der Waals surface area contributed by atoms with Crippen molar-refractivity contribution in [3.05, 3.63) is 0 Å². The maximum Gasteiger partial charge on any atom is 0.101 e. The van der Waals surface area contributed by atoms with Crippen molar-refractivity contribution >= 4 is 0 Å². The van der Waals surface area contributed by atoms with Crippen molar-refractivity contribution in [2.24, 2.45) is 5.73 Å². The van der Waals surface area contributed by atoms with E-state index in [1.54, 1.807) is 6.92 Å². The lowest BCUT2D eigenvalue weighted by Crippen LogP contribution is -2.35. The second kappa shape index (κ2) is 7.73. The molecule has 0 amide bonds. The molecule has 0 aromatic heterocycles. The Labute approximate surface area is 111 Å². The third kappa shape index (κ3) is 5.81. The minimum Gasteiger partial charge on any atom is -0.377 e. The van der Waals surface area contributed by atoms with E-state index in [1.807, 2.05) is 0 Å². The molecule has 0 bridgehead atoms. The van der Waals surface area contributed by atoms with Crippen molar-refractivity contribution in [3.8, 4) is 6.07 Å². The van der Waals surface area contributed by atoms with Gasteiger partial charge in [-0.05, 0) is 52.1 Å². The van der Waals surface area contributed by atoms with Gasteiger partial charge in [0.15, 0.2) is 0 Å². The summed E-state index contributed by atoms with van der Waals surface area (Å²) < 4.78 is 5.66. The molecule has 0 spiro atoms. The van der Waals surface area contributed by atoms with E-state index < -0.39 is 5.54 Å². The van der Waals surface area contributed by atoms with Gasteiger partial charge < -0.3 is 15.4 Å². The highest BCUT2D eigenvalue weighted by molar-refractivity contribution is 5.00. The van der Waals surface area contributed by atoms with Crippen molar-refractivity contribution in [1.82, 2.24) is 4.90 Å². The highest BCUT2D eigenvalue weighted by atomic mass is 16.5. The molecule has 1 fully saturated rings. The molecular weight excluding hydrogens is 226 g/mol. The highest BCUT2D eigenvalue weighted by Crippen LogP contribution is 2.14. The van der Waals surface area contributed by atoms with E-state index in [2.05, 4.69) is 17.9 Å². The Morgan fingerprint density at radius 1 is 1.50 bits per heavy atom. The zero-order valence-corrected chi connectivity index (χ0v) is 11.8. The Kier molecular flexibility index (Phi) is 6.62. The SMILES string of the molecule is CCN(CCCCC(C)(N)C#N)CC1CCCO1. The second-order valence-electron chi connectivity index (χ2n) is 5.51. The Morgan fingerprint density at radius 2 is 2.28 bits per heavy atom. The molecule has 0 aliphatic carbocycles. The van der Waals surface area contributed by atoms with Gasteiger partial charge in [-0.3, -0.25) is 0 Å². The van der Waals surface area contributed by atoms with Crippen LogP contribution in [0.4, 0.5) is 0 Å². The van der Waals surface area contributed by atoms with Gasteiger partial charge in [-0.25, -0.2) is 0 Å². The summed E-state index contributed by atoms with van der Waals surface area (Å²) in [6.07, 6.45) is 5.74. The molecule has 2 unspecified atom stereocenters. The van der Waals surface area contributed by atoms with Crippen LogP contribution in [0.25, 0.3) is 0 Å². The first kappa shape index (κ1) is 15.4. The third-order valence-corrected chi connectivity index (χ3v) is 3.61. The number of nitrogens with zero attached hydrogens (tertiary/aromatic N) is 2. The molecule has 1 heterocycles. The summed E-state index contributed by atoms with van der Waals surface area (Å²) in [7, 11) is 0. The van der Waals surface area contributed by atoms with Gasteiger partial charge in [-0.1, -0.05) is 6.92 Å². The first-order chi connectivity index (χ1) is 8.57. The summed E-state index contributed by atoms with van der Waals surface area (Å²) in [6, 6.07) is 2.15. The lowest BCUT2D eigenvalue weighted by molar-refractivity contribution is 0.0741. The van der Waals surface area contributed by atoms with E-state index >= 15 is 0 Å². The summed E-state index contributed by atoms with van der Waals surface area (Å²) in [5.41, 5.74) is 5.14. The van der Waals surface area contributed by atoms with E-state index in [0.717, 1.165) is 45.5 Å². The van der Waals surface area contributed by atoms with Crippen LogP contribution >= 0.6 is 0 Å². The number of ether oxygens (including phenoxy) is 1. The van der Waals surface area contributed by atoms with Crippen LogP contribution in [-0.4, -0.2) is 42.8 Å². The minimum absolute atomic E-state index is 0.434. The van der Waals surface area contributed by atoms with Gasteiger partial charge in [-0.15, -0.1) is 0 Å². The molecule has 104 valence electrons. The van der Waals surface area contributed by atoms with E-state index in [1.165, 1.54) is 12.8 Å². The van der Waals surface area contributed by atoms with Gasteiger partial charge in [0.25, 0.3) is 0 Å². The summed E-state index contributed by atoms with van der Waals surface area (Å²) in [6.45, 7) is 8.12. The zero-order valence-electron chi connectivity index (χ0n) is 11.8. The maximum atomic E-state index is 8.84. The first-order valence-electron chi connectivity index (χ1n) is 7.11. The molecule has 1 aliphatic heterocycles. The van der Waals surface area contributed by atoms with Gasteiger partial charge in [0.2, 0.25) is 0 Å². The summed E-state index contributed by atoms with van der Waals surface area (Å²) in [5.74, 6) is 0. The fourth-order valence-electron chi connectivity index (χ4n) is 2.34. The molecule has 1 saturated heterocycles. The number of hydrogen-bond donors (Lipinski definition) is 1. The number of unbranched alkanes of at least 4 members (excludes halogenated alkanes) is 1. The zero-order chi connectivity index (χ0) is 13.4. The quantitative estimate of drug-likeness (QED) is 0.671. The number of nitrogens with two attached hydrogens (primary N) is 1. The molecular formula is C14H27N3O. The van der Waals surface area contributed by atoms with Crippen LogP contribution in [0.2, 0.25) is 0 Å². The number of rotatable bonds is 8. The van der Waals surface area contributed by atoms with Crippen LogP contribution in [0.3, 0.4) is 0 Å². The van der Waals surface area contributed by atoms with E-state index in [9.17, 15) is 0 Å². The van der Waals surface area contributed by atoms with Gasteiger partial charge in [0.05, 0.1) is 12.2 Å². The van der Waals surface area contributed by atoms with Crippen molar-refractivity contribution in [1.29, 1.82) is 5.26 Å². The molecule has 18 heavy (non-hydrogen) atoms. The number of hydrogen-bond acceptors (Lipinski definition) is 4. The topological polar surface area (TPSA) is 62.3 Å². The second-order valence-corrected chi connectivity index (χ2v) is 5.51. The predicted octanol–water partition coefficient (Wildman–Crippen LogP) is 1.90. The Balaban J connectivity index is 2.13. The van der Waals surface area contributed by atoms with Crippen LogP contribution in [-0.2, 0) is 4.74 Å². The molecule has 4 nitrogen and oxygen atoms in total. The highest BCUT2D eigenvalue weighted by Gasteiger charge is 2.19. The van der Waals surface area contributed by atoms with Gasteiger partial charge in [0, 0.05) is 13.2 Å². The van der Waals surface area contributed by atoms with Crippen LogP contribution in [0.1, 0.15) is 46.0 Å². The van der Waals surface area contributed by atoms with Crippen molar-refractivity contribution in [2.45, 2.75) is 57.6 Å². The average molecular weight is 253 g/mol. The molecule has 2 atom stereocenters. The van der Waals surface area contributed by atoms with E-state index in [4.69, 9.17) is 15.7 Å². The van der Waals surface area contributed by atoms with Gasteiger partial charge in [0.1, 0.15) is 5.54 Å². The van der Waals surface area contributed by atoms with Gasteiger partial charge >= 0.3 is 0 Å². The molecule has 0 aromatic rings. The van der Waals surface area contributed by atoms with Crippen LogP contribution in [0.15, 0.2) is 0 Å².